The average molecular weight is 673 g/mol. The van der Waals surface area contributed by atoms with Crippen LogP contribution < -0.4 is 0 Å². The van der Waals surface area contributed by atoms with E-state index in [0.717, 1.165) is 20.2 Å². The molecular weight excluding hydrogens is 631 g/mol. The number of thiophene rings is 1. The quantitative estimate of drug-likeness (QED) is 0.183. The van der Waals surface area contributed by atoms with Gasteiger partial charge in [0.15, 0.2) is 17.5 Å². The van der Waals surface area contributed by atoms with Crippen molar-refractivity contribution in [2.45, 2.75) is 0 Å². The lowest BCUT2D eigenvalue weighted by molar-refractivity contribution is 0.670. The maximum absolute atomic E-state index is 9.56. The lowest BCUT2D eigenvalue weighted by Crippen LogP contribution is -2.00. The first-order chi connectivity index (χ1) is 31.0. The Morgan fingerprint density at radius 1 is 0.460 bits per heavy atom. The molecule has 10 rings (SSSR count). The molecule has 0 spiro atoms. The summed E-state index contributed by atoms with van der Waals surface area (Å²) in [6.45, 7) is 0. The first kappa shape index (κ1) is 17.3. The van der Waals surface area contributed by atoms with Gasteiger partial charge in [0.1, 0.15) is 11.2 Å². The highest BCUT2D eigenvalue weighted by atomic mass is 32.1. The molecule has 3 aromatic heterocycles. The molecule has 0 saturated carbocycles. The summed E-state index contributed by atoms with van der Waals surface area (Å²) in [6.07, 6.45) is 0. The summed E-state index contributed by atoms with van der Waals surface area (Å²) in [6, 6.07) is 12.0. The Bertz CT molecular complexity index is 3680. The summed E-state index contributed by atoms with van der Waals surface area (Å²) in [5.74, 6) is 0.293. The second kappa shape index (κ2) is 11.6. The first-order valence-electron chi connectivity index (χ1n) is 22.9. The van der Waals surface area contributed by atoms with Crippen LogP contribution in [0.1, 0.15) is 20.6 Å². The van der Waals surface area contributed by atoms with Gasteiger partial charge in [0.05, 0.1) is 20.6 Å². The van der Waals surface area contributed by atoms with Crippen LogP contribution >= 0.6 is 11.3 Å². The van der Waals surface area contributed by atoms with E-state index in [4.69, 9.17) is 35.8 Å². The summed E-state index contributed by atoms with van der Waals surface area (Å²) in [5.41, 5.74) is -2.01. The van der Waals surface area contributed by atoms with Crippen molar-refractivity contribution < 1.29 is 25.0 Å². The Labute approximate surface area is 313 Å². The molecule has 0 bridgehead atoms. The fourth-order valence-electron chi connectivity index (χ4n) is 5.89. The minimum absolute atomic E-state index is 0.144. The molecule has 0 radical (unpaired) electrons. The molecule has 50 heavy (non-hydrogen) atoms. The number of aromatic nitrogens is 3. The molecule has 0 N–H and O–H groups in total. The Balaban J connectivity index is 1.25. The molecule has 0 aliphatic heterocycles. The van der Waals surface area contributed by atoms with Crippen LogP contribution in [0.5, 0.6) is 0 Å². The lowest BCUT2D eigenvalue weighted by Gasteiger charge is -2.09. The fourth-order valence-corrected chi connectivity index (χ4v) is 7.10. The van der Waals surface area contributed by atoms with Gasteiger partial charge in [0.25, 0.3) is 0 Å². The van der Waals surface area contributed by atoms with Gasteiger partial charge in [-0.15, -0.1) is 11.3 Å². The highest BCUT2D eigenvalue weighted by Gasteiger charge is 2.18. The number of benzene rings is 7. The predicted octanol–water partition coefficient (Wildman–Crippen LogP) is 12.5. The molecule has 0 atom stereocenters. The van der Waals surface area contributed by atoms with E-state index in [1.165, 1.54) is 0 Å². The van der Waals surface area contributed by atoms with Gasteiger partial charge >= 0.3 is 0 Å². The van der Waals surface area contributed by atoms with Gasteiger partial charge in [-0.25, -0.2) is 15.0 Å². The van der Waals surface area contributed by atoms with Gasteiger partial charge in [-0.3, -0.25) is 0 Å². The van der Waals surface area contributed by atoms with Crippen LogP contribution in [-0.4, -0.2) is 15.0 Å². The van der Waals surface area contributed by atoms with E-state index < -0.39 is 118 Å². The number of nitrogens with zero attached hydrogens (tertiary/aromatic N) is 3. The van der Waals surface area contributed by atoms with Gasteiger partial charge in [-0.1, -0.05) is 139 Å². The predicted molar refractivity (Wildman–Crippen MR) is 207 cm³/mol. The maximum Gasteiger partial charge on any atom is 0.165 e. The van der Waals surface area contributed by atoms with Gasteiger partial charge in [0.2, 0.25) is 0 Å². The third-order valence-electron chi connectivity index (χ3n) is 8.22. The average Bonchev–Trinajstić information content (AvgIpc) is 3.90. The monoisotopic (exact) mass is 672 g/mol. The minimum atomic E-state index is -0.825. The van der Waals surface area contributed by atoms with Crippen molar-refractivity contribution in [1.82, 2.24) is 15.0 Å². The number of para-hydroxylation sites is 1. The Morgan fingerprint density at radius 3 is 2.02 bits per heavy atom. The third kappa shape index (κ3) is 4.79. The summed E-state index contributed by atoms with van der Waals surface area (Å²) >= 11 is 1.55. The van der Waals surface area contributed by atoms with Crippen LogP contribution in [-0.2, 0) is 0 Å². The van der Waals surface area contributed by atoms with Crippen molar-refractivity contribution in [3.8, 4) is 56.4 Å². The number of hydrogen-bond donors (Lipinski definition) is 0. The van der Waals surface area contributed by atoms with Crippen LogP contribution in [0.15, 0.2) is 168 Å². The Morgan fingerprint density at radius 2 is 1.16 bits per heavy atom. The Kier molecular flexibility index (Phi) is 4.02. The van der Waals surface area contributed by atoms with Crippen molar-refractivity contribution in [2.24, 2.45) is 0 Å². The zero-order chi connectivity index (χ0) is 46.1. The van der Waals surface area contributed by atoms with E-state index in [0.29, 0.717) is 11.1 Å². The minimum Gasteiger partial charge on any atom is -0.455 e. The van der Waals surface area contributed by atoms with E-state index in [2.05, 4.69) is 0 Å². The van der Waals surface area contributed by atoms with Crippen molar-refractivity contribution in [3.05, 3.63) is 163 Å². The normalized spacial score (nSPS) is 15.8. The highest BCUT2D eigenvalue weighted by molar-refractivity contribution is 7.26. The van der Waals surface area contributed by atoms with Gasteiger partial charge in [-0.2, -0.15) is 0 Å². The summed E-state index contributed by atoms with van der Waals surface area (Å²) in [7, 11) is 0. The molecule has 0 saturated heterocycles. The second-order valence-electron chi connectivity index (χ2n) is 11.2. The van der Waals surface area contributed by atoms with Crippen molar-refractivity contribution in [2.75, 3.05) is 0 Å². The van der Waals surface area contributed by atoms with Crippen molar-refractivity contribution in [3.63, 3.8) is 0 Å². The number of hydrogen-bond acceptors (Lipinski definition) is 5. The largest absolute Gasteiger partial charge is 0.455 e. The van der Waals surface area contributed by atoms with Gasteiger partial charge in [0, 0.05) is 53.2 Å². The zero-order valence-electron chi connectivity index (χ0n) is 40.6. The van der Waals surface area contributed by atoms with Crippen LogP contribution in [0.25, 0.3) is 98.5 Å². The third-order valence-corrected chi connectivity index (χ3v) is 9.44. The maximum atomic E-state index is 9.56. The summed E-state index contributed by atoms with van der Waals surface area (Å²) in [4.78, 5) is 14.4. The topological polar surface area (TPSA) is 51.8 Å². The fraction of sp³-hybridized carbons (Fsp3) is 0. The van der Waals surface area contributed by atoms with E-state index in [9.17, 15) is 4.11 Å². The van der Waals surface area contributed by atoms with Crippen molar-refractivity contribution in [1.29, 1.82) is 0 Å². The molecule has 0 unspecified atom stereocenters. The van der Waals surface area contributed by atoms with Gasteiger partial charge < -0.3 is 4.42 Å². The molecule has 5 heteroatoms. The zero-order valence-corrected chi connectivity index (χ0v) is 26.4. The SMILES string of the molecule is [2H]c1c([2H])c([2H])c(-c2c([2H])c([2H])c(-c3c([2H])c([2H])c([2H])c4c3oc3c([2H])c(-c5nc(-c6ccccc6)nc(-c6cccc7c6sc6ccccc67)n5)c([2H])c([2H])c34)c([2H])c2[2H])c([2H])c1[2H]. The van der Waals surface area contributed by atoms with Crippen LogP contribution in [0, 0.1) is 0 Å². The van der Waals surface area contributed by atoms with E-state index in [-0.39, 0.29) is 39.4 Å². The highest BCUT2D eigenvalue weighted by Crippen LogP contribution is 2.41. The summed E-state index contributed by atoms with van der Waals surface area (Å²) < 4.78 is 141. The molecular formula is C45H27N3OS. The smallest absolute Gasteiger partial charge is 0.165 e. The number of rotatable bonds is 5. The molecule has 0 fully saturated rings. The summed E-state index contributed by atoms with van der Waals surface area (Å²) in [5, 5.41) is 1.47. The van der Waals surface area contributed by atoms with Crippen LogP contribution in [0.3, 0.4) is 0 Å². The Hall–Kier alpha value is -6.43. The molecule has 0 amide bonds. The van der Waals surface area contributed by atoms with Crippen molar-refractivity contribution >= 4 is 53.4 Å². The first-order valence-corrected chi connectivity index (χ1v) is 16.2. The number of furan rings is 1. The molecule has 0 aliphatic rings. The number of fused-ring (bicyclic) bond motifs is 6. The van der Waals surface area contributed by atoms with Crippen LogP contribution in [0.2, 0.25) is 0 Å². The van der Waals surface area contributed by atoms with E-state index >= 15 is 0 Å². The van der Waals surface area contributed by atoms with E-state index in [1.807, 2.05) is 48.5 Å². The molecule has 3 heterocycles. The van der Waals surface area contributed by atoms with Crippen LogP contribution in [0.4, 0.5) is 0 Å². The van der Waals surface area contributed by atoms with E-state index in [1.54, 1.807) is 35.6 Å². The molecule has 10 aromatic rings. The van der Waals surface area contributed by atoms with Gasteiger partial charge in [-0.05, 0) is 40.9 Å². The molecule has 7 aromatic carbocycles. The standard InChI is InChI=1S/C45H27N3OS/c1-3-11-28(12-4-1)29-21-23-30(24-22-29)33-16-9-17-36-34-26-25-32(27-39(34)49-41(33)36)44-46-43(31-13-5-2-6-14-31)47-45(48-44)38-19-10-18-37-35-15-7-8-20-40(35)50-42(37)38/h1-27H/i1D,3D,4D,9D,11D,12D,16D,17D,21D,22D,23D,24D,25D,26D,27D. The second-order valence-corrected chi connectivity index (χ2v) is 12.3. The lowest BCUT2D eigenvalue weighted by atomic mass is 9.99. The molecule has 234 valence electrons. The molecule has 0 aliphatic carbocycles. The molecule has 4 nitrogen and oxygen atoms in total.